The fourth-order valence-electron chi connectivity index (χ4n) is 5.50. The highest BCUT2D eigenvalue weighted by molar-refractivity contribution is 8.00. The number of benzene rings is 3. The van der Waals surface area contributed by atoms with Crippen molar-refractivity contribution in [3.05, 3.63) is 94.1 Å². The Morgan fingerprint density at radius 3 is 2.53 bits per heavy atom. The molecule has 0 saturated carbocycles. The lowest BCUT2D eigenvalue weighted by atomic mass is 9.94. The fraction of sp³-hybridized carbons (Fsp3) is 0.294. The number of amides is 1. The smallest absolute Gasteiger partial charge is 0.301 e. The van der Waals surface area contributed by atoms with Crippen LogP contribution >= 0.6 is 23.1 Å². The van der Waals surface area contributed by atoms with Gasteiger partial charge >= 0.3 is 5.91 Å². The number of ether oxygens (including phenoxy) is 3. The van der Waals surface area contributed by atoms with Crippen molar-refractivity contribution in [2.45, 2.75) is 56.4 Å². The van der Waals surface area contributed by atoms with Crippen molar-refractivity contribution < 1.29 is 28.9 Å². The maximum Gasteiger partial charge on any atom is 0.301 e. The normalized spacial score (nSPS) is 18.6. The van der Waals surface area contributed by atoms with Crippen molar-refractivity contribution >= 4 is 45.7 Å². The van der Waals surface area contributed by atoms with E-state index in [0.717, 1.165) is 16.9 Å². The average molecular weight is 644 g/mol. The van der Waals surface area contributed by atoms with Crippen LogP contribution < -0.4 is 19.1 Å². The molecule has 2 atom stereocenters. The first-order valence-corrected chi connectivity index (χ1v) is 16.6. The molecule has 3 aromatic carbocycles. The van der Waals surface area contributed by atoms with E-state index in [1.54, 1.807) is 30.3 Å². The number of carbonyl (C=O) groups is 2. The average Bonchev–Trinajstić information content (AvgIpc) is 3.72. The van der Waals surface area contributed by atoms with Gasteiger partial charge in [-0.1, -0.05) is 59.0 Å². The van der Waals surface area contributed by atoms with E-state index in [9.17, 15) is 14.7 Å². The number of fused-ring (bicyclic) bond motifs is 1. The number of hydrogen-bond acceptors (Lipinski definition) is 10. The number of Topliss-reactive ketones (excluding diaryl/α,β-unsaturated/α-hetero) is 1. The highest BCUT2D eigenvalue weighted by atomic mass is 32.2. The number of anilines is 1. The van der Waals surface area contributed by atoms with E-state index < -0.39 is 17.7 Å². The van der Waals surface area contributed by atoms with Gasteiger partial charge in [0.15, 0.2) is 15.8 Å². The zero-order valence-electron chi connectivity index (χ0n) is 25.4. The summed E-state index contributed by atoms with van der Waals surface area (Å²) in [5.41, 5.74) is 4.19. The highest BCUT2D eigenvalue weighted by Gasteiger charge is 2.48. The van der Waals surface area contributed by atoms with Gasteiger partial charge in [-0.15, -0.1) is 10.2 Å². The quantitative estimate of drug-likeness (QED) is 0.0650. The maximum absolute atomic E-state index is 13.8. The highest BCUT2D eigenvalue weighted by Crippen LogP contribution is 2.46. The largest absolute Gasteiger partial charge is 0.507 e. The van der Waals surface area contributed by atoms with E-state index in [-0.39, 0.29) is 22.6 Å². The van der Waals surface area contributed by atoms with E-state index in [1.165, 1.54) is 33.6 Å². The summed E-state index contributed by atoms with van der Waals surface area (Å²) in [4.78, 5) is 28.8. The number of aliphatic hydroxyl groups is 1. The van der Waals surface area contributed by atoms with Gasteiger partial charge in [0.1, 0.15) is 17.6 Å². The first-order chi connectivity index (χ1) is 21.8. The summed E-state index contributed by atoms with van der Waals surface area (Å²) in [5.74, 6) is 0.559. The van der Waals surface area contributed by atoms with Crippen LogP contribution in [0.5, 0.6) is 17.2 Å². The molecule has 1 saturated heterocycles. The van der Waals surface area contributed by atoms with E-state index in [2.05, 4.69) is 34.5 Å². The van der Waals surface area contributed by atoms with Gasteiger partial charge in [0.05, 0.1) is 24.8 Å². The van der Waals surface area contributed by atoms with Crippen LogP contribution in [0.1, 0.15) is 54.6 Å². The zero-order chi connectivity index (χ0) is 31.7. The van der Waals surface area contributed by atoms with Gasteiger partial charge in [-0.05, 0) is 74.7 Å². The maximum atomic E-state index is 13.8. The molecule has 0 aliphatic carbocycles. The summed E-state index contributed by atoms with van der Waals surface area (Å²) in [6, 6.07) is 17.8. The molecule has 1 N–H and O–H groups in total. The lowest BCUT2D eigenvalue weighted by Gasteiger charge is -2.23. The summed E-state index contributed by atoms with van der Waals surface area (Å²) in [6.07, 6.45) is 0.692. The van der Waals surface area contributed by atoms with Crippen LogP contribution in [0.25, 0.3) is 5.76 Å². The number of aryl methyl sites for hydroxylation is 1. The van der Waals surface area contributed by atoms with E-state index >= 15 is 0 Å². The summed E-state index contributed by atoms with van der Waals surface area (Å²) < 4.78 is 18.1. The first kappa shape index (κ1) is 30.7. The second-order valence-corrected chi connectivity index (χ2v) is 13.0. The topological polar surface area (TPSA) is 111 Å². The molecule has 11 heteroatoms. The molecule has 0 spiro atoms. The van der Waals surface area contributed by atoms with Gasteiger partial charge in [-0.25, -0.2) is 0 Å². The molecule has 9 nitrogen and oxygen atoms in total. The minimum Gasteiger partial charge on any atom is -0.507 e. The Kier molecular flexibility index (Phi) is 8.82. The molecule has 6 rings (SSSR count). The lowest BCUT2D eigenvalue weighted by Crippen LogP contribution is -2.29. The summed E-state index contributed by atoms with van der Waals surface area (Å²) in [5, 5.41) is 20.6. The molecule has 2 aliphatic rings. The van der Waals surface area contributed by atoms with Crippen LogP contribution in [0.3, 0.4) is 0 Å². The van der Waals surface area contributed by atoms with Crippen molar-refractivity contribution in [2.75, 3.05) is 18.1 Å². The minimum absolute atomic E-state index is 0.0132. The molecular weight excluding hydrogens is 611 g/mol. The van der Waals surface area contributed by atoms with Crippen molar-refractivity contribution in [3.63, 3.8) is 0 Å². The third-order valence-electron chi connectivity index (χ3n) is 7.58. The Hall–Kier alpha value is -4.35. The Balaban J connectivity index is 1.42. The molecule has 1 amide bonds. The number of nitrogens with zero attached hydrogens (tertiary/aromatic N) is 3. The molecule has 232 valence electrons. The van der Waals surface area contributed by atoms with E-state index in [1.807, 2.05) is 33.8 Å². The van der Waals surface area contributed by atoms with Gasteiger partial charge in [0.25, 0.3) is 5.78 Å². The third-order valence-corrected chi connectivity index (χ3v) is 9.71. The van der Waals surface area contributed by atoms with Gasteiger partial charge in [0.2, 0.25) is 5.13 Å². The van der Waals surface area contributed by atoms with Crippen LogP contribution in [0.15, 0.2) is 70.6 Å². The van der Waals surface area contributed by atoms with Gasteiger partial charge < -0.3 is 19.3 Å². The standard InChI is InChI=1S/C34H33N3O6S2/c1-5-41-26-14-11-22(17-27(26)42-6-2)29-28(30(38)23-12-13-25-24(16-23)15-20(4)43-25)31(39)32(40)37(29)33-35-36-34(45-33)44-18-21-9-7-19(3)8-10-21/h7-14,16-17,20,29,38H,5-6,15,18H2,1-4H3/b30-28+/t20-,29+/m1/s1. The Labute approximate surface area is 269 Å². The minimum atomic E-state index is -0.980. The summed E-state index contributed by atoms with van der Waals surface area (Å²) in [7, 11) is 0. The van der Waals surface area contributed by atoms with Crippen molar-refractivity contribution in [3.8, 4) is 17.2 Å². The molecule has 0 unspecified atom stereocenters. The molecule has 45 heavy (non-hydrogen) atoms. The molecule has 4 aromatic rings. The lowest BCUT2D eigenvalue weighted by molar-refractivity contribution is -0.132. The number of aliphatic hydroxyl groups excluding tert-OH is 1. The predicted molar refractivity (Wildman–Crippen MR) is 174 cm³/mol. The first-order valence-electron chi connectivity index (χ1n) is 14.8. The third kappa shape index (κ3) is 6.14. The van der Waals surface area contributed by atoms with Gasteiger partial charge in [-0.2, -0.15) is 0 Å². The number of aromatic nitrogens is 2. The van der Waals surface area contributed by atoms with Crippen LogP contribution in [0.2, 0.25) is 0 Å². The second kappa shape index (κ2) is 12.9. The van der Waals surface area contributed by atoms with E-state index in [4.69, 9.17) is 14.2 Å². The van der Waals surface area contributed by atoms with Crippen molar-refractivity contribution in [2.24, 2.45) is 0 Å². The fourth-order valence-corrected chi connectivity index (χ4v) is 7.32. The number of hydrogen-bond donors (Lipinski definition) is 1. The second-order valence-electron chi connectivity index (χ2n) is 10.8. The number of rotatable bonds is 10. The molecule has 2 aliphatic heterocycles. The number of carbonyl (C=O) groups excluding carboxylic acids is 2. The summed E-state index contributed by atoms with van der Waals surface area (Å²) >= 11 is 2.73. The van der Waals surface area contributed by atoms with Crippen molar-refractivity contribution in [1.29, 1.82) is 0 Å². The van der Waals surface area contributed by atoms with Crippen LogP contribution in [-0.4, -0.2) is 46.3 Å². The van der Waals surface area contributed by atoms with Crippen LogP contribution in [0.4, 0.5) is 5.13 Å². The summed E-state index contributed by atoms with van der Waals surface area (Å²) in [6.45, 7) is 8.58. The van der Waals surface area contributed by atoms with Gasteiger partial charge in [0, 0.05) is 17.7 Å². The van der Waals surface area contributed by atoms with Crippen molar-refractivity contribution in [1.82, 2.24) is 10.2 Å². The predicted octanol–water partition coefficient (Wildman–Crippen LogP) is 6.89. The number of ketones is 1. The molecule has 3 heterocycles. The zero-order valence-corrected chi connectivity index (χ0v) is 27.0. The Bertz CT molecular complexity index is 1780. The molecule has 0 bridgehead atoms. The van der Waals surface area contributed by atoms with Gasteiger partial charge in [-0.3, -0.25) is 14.5 Å². The molecule has 1 aromatic heterocycles. The molecular formula is C34H33N3O6S2. The number of thioether (sulfide) groups is 1. The Morgan fingerprint density at radius 1 is 1.02 bits per heavy atom. The van der Waals surface area contributed by atoms with E-state index in [0.29, 0.717) is 52.4 Å². The molecule has 1 fully saturated rings. The van der Waals surface area contributed by atoms with Crippen LogP contribution in [0, 0.1) is 6.92 Å². The Morgan fingerprint density at radius 2 is 1.78 bits per heavy atom. The monoisotopic (exact) mass is 643 g/mol. The molecule has 0 radical (unpaired) electrons. The SMILES string of the molecule is CCOc1ccc([C@H]2/C(=C(\O)c3ccc4c(c3)C[C@@H](C)O4)C(=O)C(=O)N2c2nnc(SCc3ccc(C)cc3)s2)cc1OCC. The van der Waals surface area contributed by atoms with Crippen LogP contribution in [-0.2, 0) is 21.8 Å².